The molecule has 0 bridgehead atoms. The average molecular weight is 517 g/mol. The van der Waals surface area contributed by atoms with E-state index >= 15 is 0 Å². The normalized spacial score (nSPS) is 15.4. The summed E-state index contributed by atoms with van der Waals surface area (Å²) < 4.78 is 6.64. The Labute approximate surface area is 221 Å². The standard InChI is InChI=1S/C20H36O2Si.C11H16O2/c1-15(2)23(16(3)4,17(5)6)22-14-13-20(18(7)21)19-11-9-8-10-12-19;1-9(13)11(7-8-12)10-5-3-2-4-6-10/h8-12,15-18,20-21H,13-14H2,1-7H3;2-6,9,11-13H,7-8H2,1H3. The monoisotopic (exact) mass is 516 g/mol. The number of benzene rings is 2. The minimum absolute atomic E-state index is 0.0474. The van der Waals surface area contributed by atoms with Crippen LogP contribution in [0.25, 0.3) is 0 Å². The van der Waals surface area contributed by atoms with Gasteiger partial charge in [0.05, 0.1) is 12.2 Å². The van der Waals surface area contributed by atoms with Crippen LogP contribution in [0.4, 0.5) is 0 Å². The molecule has 0 saturated carbocycles. The molecule has 0 aliphatic carbocycles. The highest BCUT2D eigenvalue weighted by Gasteiger charge is 2.45. The van der Waals surface area contributed by atoms with E-state index in [0.717, 1.165) is 18.6 Å². The van der Waals surface area contributed by atoms with Gasteiger partial charge in [-0.15, -0.1) is 0 Å². The van der Waals surface area contributed by atoms with Gasteiger partial charge >= 0.3 is 0 Å². The molecule has 204 valence electrons. The smallest absolute Gasteiger partial charge is 0.200 e. The van der Waals surface area contributed by atoms with Crippen molar-refractivity contribution in [2.75, 3.05) is 13.2 Å². The van der Waals surface area contributed by atoms with E-state index < -0.39 is 14.4 Å². The Hall–Kier alpha value is -1.50. The van der Waals surface area contributed by atoms with Crippen molar-refractivity contribution in [2.24, 2.45) is 0 Å². The zero-order valence-electron chi connectivity index (χ0n) is 23.9. The molecule has 4 atom stereocenters. The Morgan fingerprint density at radius 1 is 0.611 bits per heavy atom. The van der Waals surface area contributed by atoms with Gasteiger partial charge in [0.15, 0.2) is 8.32 Å². The summed E-state index contributed by atoms with van der Waals surface area (Å²) >= 11 is 0. The molecule has 2 rings (SSSR count). The lowest BCUT2D eigenvalue weighted by Crippen LogP contribution is -2.48. The molecule has 0 amide bonds. The van der Waals surface area contributed by atoms with Crippen molar-refractivity contribution < 1.29 is 19.7 Å². The van der Waals surface area contributed by atoms with Crippen LogP contribution in [0.15, 0.2) is 60.7 Å². The fourth-order valence-corrected chi connectivity index (χ4v) is 11.2. The molecule has 0 spiro atoms. The fraction of sp³-hybridized carbons (Fsp3) is 0.613. The number of aliphatic hydroxyl groups is 3. The molecule has 0 fully saturated rings. The molecule has 3 N–H and O–H groups in total. The van der Waals surface area contributed by atoms with Crippen molar-refractivity contribution in [3.63, 3.8) is 0 Å². The minimum Gasteiger partial charge on any atom is -0.416 e. The van der Waals surface area contributed by atoms with Gasteiger partial charge in [-0.05, 0) is 54.4 Å². The second kappa shape index (κ2) is 16.4. The van der Waals surface area contributed by atoms with Gasteiger partial charge in [-0.25, -0.2) is 0 Å². The van der Waals surface area contributed by atoms with Gasteiger partial charge in [0.25, 0.3) is 0 Å². The van der Waals surface area contributed by atoms with Crippen molar-refractivity contribution in [1.82, 2.24) is 0 Å². The number of rotatable bonds is 13. The lowest BCUT2D eigenvalue weighted by atomic mass is 9.91. The Kier molecular flexibility index (Phi) is 14.8. The van der Waals surface area contributed by atoms with Gasteiger partial charge < -0.3 is 19.7 Å². The first-order chi connectivity index (χ1) is 17.0. The van der Waals surface area contributed by atoms with Crippen LogP contribution in [0.3, 0.4) is 0 Å². The van der Waals surface area contributed by atoms with Crippen molar-refractivity contribution >= 4 is 8.32 Å². The van der Waals surface area contributed by atoms with Crippen LogP contribution >= 0.6 is 0 Å². The summed E-state index contributed by atoms with van der Waals surface area (Å²) in [6.45, 7) is 18.4. The summed E-state index contributed by atoms with van der Waals surface area (Å²) in [6.07, 6.45) is 0.730. The van der Waals surface area contributed by atoms with E-state index in [2.05, 4.69) is 53.7 Å². The fourth-order valence-electron chi connectivity index (χ4n) is 5.77. The van der Waals surface area contributed by atoms with Crippen LogP contribution < -0.4 is 0 Å². The third-order valence-corrected chi connectivity index (χ3v) is 13.7. The second-order valence-electron chi connectivity index (χ2n) is 11.0. The Morgan fingerprint density at radius 3 is 1.28 bits per heavy atom. The highest BCUT2D eigenvalue weighted by atomic mass is 28.4. The second-order valence-corrected chi connectivity index (χ2v) is 16.4. The van der Waals surface area contributed by atoms with E-state index in [4.69, 9.17) is 9.53 Å². The highest BCUT2D eigenvalue weighted by Crippen LogP contribution is 2.42. The SMILES string of the molecule is CC(O)C(CCO)c1ccccc1.CC(O)C(CCO[Si](C(C)C)(C(C)C)C(C)C)c1ccccc1. The van der Waals surface area contributed by atoms with E-state index in [1.54, 1.807) is 6.92 Å². The third kappa shape index (κ3) is 9.42. The van der Waals surface area contributed by atoms with E-state index in [1.807, 2.05) is 55.5 Å². The Balaban J connectivity index is 0.000000420. The van der Waals surface area contributed by atoms with E-state index in [1.165, 1.54) is 5.56 Å². The first-order valence-corrected chi connectivity index (χ1v) is 15.8. The van der Waals surface area contributed by atoms with Crippen molar-refractivity contribution in [3.8, 4) is 0 Å². The largest absolute Gasteiger partial charge is 0.416 e. The summed E-state index contributed by atoms with van der Waals surface area (Å²) in [5.41, 5.74) is 4.10. The highest BCUT2D eigenvalue weighted by molar-refractivity contribution is 6.77. The molecule has 0 aromatic heterocycles. The zero-order valence-corrected chi connectivity index (χ0v) is 24.9. The van der Waals surface area contributed by atoms with Crippen molar-refractivity contribution in [1.29, 1.82) is 0 Å². The molecule has 0 saturated heterocycles. The lowest BCUT2D eigenvalue weighted by Gasteiger charge is -2.42. The number of hydrogen-bond donors (Lipinski definition) is 3. The van der Waals surface area contributed by atoms with Crippen LogP contribution in [-0.2, 0) is 4.43 Å². The molecule has 0 radical (unpaired) electrons. The maximum Gasteiger partial charge on any atom is 0.200 e. The van der Waals surface area contributed by atoms with E-state index in [-0.39, 0.29) is 24.5 Å². The van der Waals surface area contributed by atoms with Crippen LogP contribution in [-0.4, -0.2) is 49.1 Å². The number of hydrogen-bond acceptors (Lipinski definition) is 4. The molecule has 5 heteroatoms. The lowest BCUT2D eigenvalue weighted by molar-refractivity contribution is 0.142. The van der Waals surface area contributed by atoms with E-state index in [0.29, 0.717) is 23.0 Å². The summed E-state index contributed by atoms with van der Waals surface area (Å²) in [5, 5.41) is 28.5. The topological polar surface area (TPSA) is 69.9 Å². The minimum atomic E-state index is -1.81. The summed E-state index contributed by atoms with van der Waals surface area (Å²) in [4.78, 5) is 0. The van der Waals surface area contributed by atoms with Crippen LogP contribution in [0.1, 0.15) is 91.2 Å². The first-order valence-electron chi connectivity index (χ1n) is 13.7. The molecule has 0 aliphatic rings. The summed E-state index contributed by atoms with van der Waals surface area (Å²) in [5.74, 6) is 0.195. The Bertz CT molecular complexity index is 784. The van der Waals surface area contributed by atoms with Gasteiger partial charge in [-0.2, -0.15) is 0 Å². The molecule has 4 nitrogen and oxygen atoms in total. The summed E-state index contributed by atoms with van der Waals surface area (Å²) in [6, 6.07) is 20.1. The third-order valence-electron chi connectivity index (χ3n) is 7.55. The molecular formula is C31H52O4Si. The zero-order chi connectivity index (χ0) is 27.3. The average Bonchev–Trinajstić information content (AvgIpc) is 2.83. The van der Waals surface area contributed by atoms with Gasteiger partial charge in [-0.3, -0.25) is 0 Å². The predicted molar refractivity (Wildman–Crippen MR) is 155 cm³/mol. The van der Waals surface area contributed by atoms with Crippen LogP contribution in [0.5, 0.6) is 0 Å². The molecule has 2 aromatic carbocycles. The van der Waals surface area contributed by atoms with Crippen LogP contribution in [0.2, 0.25) is 16.6 Å². The van der Waals surface area contributed by atoms with Crippen molar-refractivity contribution in [3.05, 3.63) is 71.8 Å². The molecule has 2 aromatic rings. The molecular weight excluding hydrogens is 464 g/mol. The van der Waals surface area contributed by atoms with Crippen LogP contribution in [0, 0.1) is 0 Å². The summed E-state index contributed by atoms with van der Waals surface area (Å²) in [7, 11) is -1.81. The maximum atomic E-state index is 10.2. The molecule has 0 aliphatic heterocycles. The van der Waals surface area contributed by atoms with E-state index in [9.17, 15) is 10.2 Å². The van der Waals surface area contributed by atoms with Gasteiger partial charge in [-0.1, -0.05) is 102 Å². The van der Waals surface area contributed by atoms with Crippen molar-refractivity contribution in [2.45, 2.75) is 109 Å². The molecule has 36 heavy (non-hydrogen) atoms. The first kappa shape index (κ1) is 32.5. The van der Waals surface area contributed by atoms with Gasteiger partial charge in [0.2, 0.25) is 0 Å². The maximum absolute atomic E-state index is 10.2. The van der Waals surface area contributed by atoms with Gasteiger partial charge in [0.1, 0.15) is 0 Å². The van der Waals surface area contributed by atoms with Gasteiger partial charge in [0, 0.05) is 25.0 Å². The molecule has 4 unspecified atom stereocenters. The Morgan fingerprint density at radius 2 is 0.972 bits per heavy atom. The predicted octanol–water partition coefficient (Wildman–Crippen LogP) is 7.27. The number of aliphatic hydroxyl groups excluding tert-OH is 3. The quantitative estimate of drug-likeness (QED) is 0.245. The molecule has 0 heterocycles.